The minimum Gasteiger partial charge on any atom is -0.467 e. The van der Waals surface area contributed by atoms with E-state index in [-0.39, 0.29) is 19.4 Å². The second kappa shape index (κ2) is 12.9. The summed E-state index contributed by atoms with van der Waals surface area (Å²) in [5, 5.41) is 2.29. The summed E-state index contributed by atoms with van der Waals surface area (Å²) in [6.07, 6.45) is -1.29. The summed E-state index contributed by atoms with van der Waals surface area (Å²) in [5.41, 5.74) is 2.88. The first kappa shape index (κ1) is 29.2. The van der Waals surface area contributed by atoms with E-state index in [0.717, 1.165) is 28.7 Å². The minimum atomic E-state index is -4.53. The number of unbranched alkanes of at least 4 members (excludes halogenated alkanes) is 2. The van der Waals surface area contributed by atoms with Gasteiger partial charge in [0.1, 0.15) is 18.2 Å². The number of esters is 1. The fourth-order valence-electron chi connectivity index (χ4n) is 4.83. The van der Waals surface area contributed by atoms with Crippen molar-refractivity contribution in [3.8, 4) is 0 Å². The normalized spacial score (nSPS) is 19.6. The van der Waals surface area contributed by atoms with Crippen LogP contribution in [0.4, 0.5) is 18.0 Å². The van der Waals surface area contributed by atoms with Crippen LogP contribution in [0.3, 0.4) is 0 Å². The third-order valence-corrected chi connectivity index (χ3v) is 6.87. The number of benzene rings is 1. The van der Waals surface area contributed by atoms with E-state index in [0.29, 0.717) is 32.4 Å². The van der Waals surface area contributed by atoms with Gasteiger partial charge in [-0.3, -0.25) is 15.0 Å². The van der Waals surface area contributed by atoms with E-state index < -0.39 is 48.9 Å². The molecule has 1 fully saturated rings. The Bertz CT molecular complexity index is 1050. The molecule has 38 heavy (non-hydrogen) atoms. The molecule has 0 radical (unpaired) electrons. The Kier molecular flexibility index (Phi) is 9.96. The highest BCUT2D eigenvalue weighted by Crippen LogP contribution is 2.29. The molecule has 1 saturated heterocycles. The van der Waals surface area contributed by atoms with E-state index in [1.807, 2.05) is 18.2 Å². The third-order valence-electron chi connectivity index (χ3n) is 6.87. The number of nitrogens with zero attached hydrogens (tertiary/aromatic N) is 2. The molecule has 1 aromatic carbocycles. The van der Waals surface area contributed by atoms with Crippen molar-refractivity contribution in [2.75, 3.05) is 20.2 Å². The summed E-state index contributed by atoms with van der Waals surface area (Å²) < 4.78 is 50.8. The van der Waals surface area contributed by atoms with Gasteiger partial charge in [0.25, 0.3) is 0 Å². The van der Waals surface area contributed by atoms with Crippen LogP contribution in [0, 0.1) is 0 Å². The Morgan fingerprint density at radius 3 is 2.63 bits per heavy atom. The zero-order valence-electron chi connectivity index (χ0n) is 21.5. The number of ether oxygens (including phenoxy) is 2. The lowest BCUT2D eigenvalue weighted by atomic mass is 10.0. The molecule has 0 aromatic heterocycles. The number of halogens is 3. The number of likely N-dealkylation sites (tertiary alicyclic amines) is 1. The van der Waals surface area contributed by atoms with Gasteiger partial charge in [-0.15, -0.1) is 6.58 Å². The average molecular weight is 538 g/mol. The van der Waals surface area contributed by atoms with E-state index in [1.165, 1.54) is 4.90 Å². The Labute approximate surface area is 220 Å². The van der Waals surface area contributed by atoms with Crippen molar-refractivity contribution in [2.45, 2.75) is 69.6 Å². The maximum absolute atomic E-state index is 13.5. The molecule has 2 aliphatic heterocycles. The van der Waals surface area contributed by atoms with E-state index in [2.05, 4.69) is 18.5 Å². The summed E-state index contributed by atoms with van der Waals surface area (Å²) in [5.74, 6) is -1.43. The summed E-state index contributed by atoms with van der Waals surface area (Å²) in [7, 11) is 1.16. The van der Waals surface area contributed by atoms with Gasteiger partial charge in [-0.2, -0.15) is 13.2 Å². The second-order valence-electron chi connectivity index (χ2n) is 9.42. The van der Waals surface area contributed by atoms with Crippen LogP contribution in [-0.4, -0.2) is 72.3 Å². The SMILES string of the molecule is C=CCCCCC(NCC(=O)N1C[C@H](OC(=O)N2Cc3cccc(C=C)c3C2)C[C@H]1C(=O)OC)C(F)(F)F. The fraction of sp³-hybridized carbons (Fsp3) is 0.519. The van der Waals surface area contributed by atoms with Crippen molar-refractivity contribution in [1.29, 1.82) is 0 Å². The van der Waals surface area contributed by atoms with Crippen LogP contribution in [0.5, 0.6) is 0 Å². The average Bonchev–Trinajstić information content (AvgIpc) is 3.51. The smallest absolute Gasteiger partial charge is 0.410 e. The molecule has 208 valence electrons. The van der Waals surface area contributed by atoms with E-state index in [4.69, 9.17) is 9.47 Å². The maximum atomic E-state index is 13.5. The molecule has 8 nitrogen and oxygen atoms in total. The van der Waals surface area contributed by atoms with Crippen molar-refractivity contribution < 1.29 is 37.0 Å². The second-order valence-corrected chi connectivity index (χ2v) is 9.42. The predicted molar refractivity (Wildman–Crippen MR) is 135 cm³/mol. The molecular formula is C27H34F3N3O5. The van der Waals surface area contributed by atoms with Gasteiger partial charge in [-0.05, 0) is 36.0 Å². The topological polar surface area (TPSA) is 88.2 Å². The number of rotatable bonds is 11. The Morgan fingerprint density at radius 1 is 1.21 bits per heavy atom. The number of carbonyl (C=O) groups excluding carboxylic acids is 3. The molecule has 3 rings (SSSR count). The highest BCUT2D eigenvalue weighted by molar-refractivity contribution is 5.86. The van der Waals surface area contributed by atoms with Crippen LogP contribution in [0.25, 0.3) is 6.08 Å². The van der Waals surface area contributed by atoms with Crippen LogP contribution in [0.2, 0.25) is 0 Å². The van der Waals surface area contributed by atoms with Gasteiger partial charge in [0.05, 0.1) is 26.7 Å². The molecule has 2 amide bonds. The first-order chi connectivity index (χ1) is 18.1. The molecule has 1 N–H and O–H groups in total. The van der Waals surface area contributed by atoms with Gasteiger partial charge >= 0.3 is 18.2 Å². The van der Waals surface area contributed by atoms with Crippen molar-refractivity contribution in [3.63, 3.8) is 0 Å². The van der Waals surface area contributed by atoms with Gasteiger partial charge in [-0.1, -0.05) is 43.4 Å². The largest absolute Gasteiger partial charge is 0.467 e. The standard InChI is InChI=1S/C27H34F3N3O5/c1-4-6-7-8-12-23(27(28,29)30)31-14-24(34)33-16-20(13-22(33)25(35)37-3)38-26(36)32-15-19-11-9-10-18(5-2)21(19)17-32/h4-5,9-11,20,22-23,31H,1-2,6-8,12-17H2,3H3/t20-,22+,23?/m1/s1. The van der Waals surface area contributed by atoms with Crippen molar-refractivity contribution in [2.24, 2.45) is 0 Å². The summed E-state index contributed by atoms with van der Waals surface area (Å²) >= 11 is 0. The summed E-state index contributed by atoms with van der Waals surface area (Å²) in [4.78, 5) is 40.8. The molecule has 0 saturated carbocycles. The molecule has 1 aromatic rings. The lowest BCUT2D eigenvalue weighted by molar-refractivity contribution is -0.160. The number of hydrogen-bond donors (Lipinski definition) is 1. The summed E-state index contributed by atoms with van der Waals surface area (Å²) in [6.45, 7) is 7.29. The van der Waals surface area contributed by atoms with Gasteiger partial charge in [0.2, 0.25) is 5.91 Å². The van der Waals surface area contributed by atoms with Gasteiger partial charge in [0.15, 0.2) is 0 Å². The Hall–Kier alpha value is -3.34. The van der Waals surface area contributed by atoms with Gasteiger partial charge in [0, 0.05) is 13.0 Å². The molecule has 1 unspecified atom stereocenters. The predicted octanol–water partition coefficient (Wildman–Crippen LogP) is 4.19. The molecule has 2 heterocycles. The number of hydrogen-bond acceptors (Lipinski definition) is 6. The number of allylic oxidation sites excluding steroid dienone is 1. The number of alkyl halides is 3. The Morgan fingerprint density at radius 2 is 1.97 bits per heavy atom. The lowest BCUT2D eigenvalue weighted by Crippen LogP contribution is -2.50. The first-order valence-electron chi connectivity index (χ1n) is 12.6. The van der Waals surface area contributed by atoms with E-state index in [9.17, 15) is 27.6 Å². The van der Waals surface area contributed by atoms with Crippen LogP contribution in [0.1, 0.15) is 48.8 Å². The van der Waals surface area contributed by atoms with Crippen LogP contribution >= 0.6 is 0 Å². The first-order valence-corrected chi connectivity index (χ1v) is 12.6. The van der Waals surface area contributed by atoms with Crippen LogP contribution in [-0.2, 0) is 32.2 Å². The molecule has 11 heteroatoms. The molecule has 0 bridgehead atoms. The van der Waals surface area contributed by atoms with E-state index in [1.54, 1.807) is 12.2 Å². The third kappa shape index (κ3) is 7.15. The molecule has 2 aliphatic rings. The Balaban J connectivity index is 1.60. The van der Waals surface area contributed by atoms with Crippen LogP contribution in [0.15, 0.2) is 37.4 Å². The van der Waals surface area contributed by atoms with Crippen molar-refractivity contribution >= 4 is 24.0 Å². The monoisotopic (exact) mass is 537 g/mol. The summed E-state index contributed by atoms with van der Waals surface area (Å²) in [6, 6.07) is 2.78. The van der Waals surface area contributed by atoms with Crippen molar-refractivity contribution in [1.82, 2.24) is 15.1 Å². The van der Waals surface area contributed by atoms with Crippen LogP contribution < -0.4 is 5.32 Å². The maximum Gasteiger partial charge on any atom is 0.410 e. The zero-order chi connectivity index (χ0) is 27.9. The lowest BCUT2D eigenvalue weighted by Gasteiger charge is -2.25. The number of nitrogens with one attached hydrogen (secondary N) is 1. The van der Waals surface area contributed by atoms with E-state index >= 15 is 0 Å². The van der Waals surface area contributed by atoms with Gasteiger partial charge < -0.3 is 14.4 Å². The number of fused-ring (bicyclic) bond motifs is 1. The number of carbonyl (C=O) groups is 3. The molecule has 0 aliphatic carbocycles. The van der Waals surface area contributed by atoms with Gasteiger partial charge in [-0.25, -0.2) is 9.59 Å². The number of amides is 2. The highest BCUT2D eigenvalue weighted by atomic mass is 19.4. The fourth-order valence-corrected chi connectivity index (χ4v) is 4.83. The zero-order valence-corrected chi connectivity index (χ0v) is 21.5. The van der Waals surface area contributed by atoms with Crippen molar-refractivity contribution in [3.05, 3.63) is 54.1 Å². The minimum absolute atomic E-state index is 0.00684. The molecule has 0 spiro atoms. The molecular weight excluding hydrogens is 503 g/mol. The quantitative estimate of drug-likeness (QED) is 0.259. The highest BCUT2D eigenvalue weighted by Gasteiger charge is 2.44. The number of methoxy groups -OCH3 is 1. The molecule has 3 atom stereocenters.